The van der Waals surface area contributed by atoms with Crippen molar-refractivity contribution < 1.29 is 9.53 Å². The van der Waals surface area contributed by atoms with Gasteiger partial charge in [0.25, 0.3) is 0 Å². The van der Waals surface area contributed by atoms with Crippen LogP contribution in [-0.2, 0) is 9.53 Å². The zero-order chi connectivity index (χ0) is 8.60. The van der Waals surface area contributed by atoms with Gasteiger partial charge in [-0.2, -0.15) is 0 Å². The zero-order valence-corrected chi connectivity index (χ0v) is 7.21. The molecule has 2 saturated carbocycles. The van der Waals surface area contributed by atoms with Crippen molar-refractivity contribution in [1.82, 2.24) is 0 Å². The van der Waals surface area contributed by atoms with E-state index >= 15 is 0 Å². The molecule has 0 radical (unpaired) electrons. The minimum absolute atomic E-state index is 0.192. The summed E-state index contributed by atoms with van der Waals surface area (Å²) in [6.45, 7) is 0.572. The van der Waals surface area contributed by atoms with E-state index in [9.17, 15) is 4.79 Å². The monoisotopic (exact) mass is 169 g/mol. The molecule has 2 rings (SSSR count). The van der Waals surface area contributed by atoms with E-state index in [-0.39, 0.29) is 5.97 Å². The Hall–Kier alpha value is -0.570. The Kier molecular flexibility index (Phi) is 1.83. The number of hydrogen-bond donors (Lipinski definition) is 1. The van der Waals surface area contributed by atoms with E-state index < -0.39 is 5.54 Å². The van der Waals surface area contributed by atoms with Crippen LogP contribution in [0.2, 0.25) is 0 Å². The Morgan fingerprint density at radius 1 is 1.50 bits per heavy atom. The highest BCUT2D eigenvalue weighted by molar-refractivity contribution is 5.83. The average molecular weight is 169 g/mol. The van der Waals surface area contributed by atoms with Crippen LogP contribution in [0, 0.1) is 5.92 Å². The number of nitrogens with two attached hydrogens (primary N) is 1. The Bertz CT molecular complexity index is 195. The molecular weight excluding hydrogens is 154 g/mol. The Morgan fingerprint density at radius 2 is 2.17 bits per heavy atom. The molecule has 0 aromatic carbocycles. The van der Waals surface area contributed by atoms with Crippen molar-refractivity contribution in [3.63, 3.8) is 0 Å². The van der Waals surface area contributed by atoms with Crippen molar-refractivity contribution in [1.29, 1.82) is 0 Å². The lowest BCUT2D eigenvalue weighted by Crippen LogP contribution is -2.34. The molecule has 0 heterocycles. The molecule has 2 fully saturated rings. The van der Waals surface area contributed by atoms with Gasteiger partial charge in [-0.1, -0.05) is 12.8 Å². The second-order valence-corrected chi connectivity index (χ2v) is 4.02. The SMILES string of the molecule is NC1(C(=O)OCCC2CC2)CC1. The van der Waals surface area contributed by atoms with Crippen molar-refractivity contribution in [3.05, 3.63) is 0 Å². The summed E-state index contributed by atoms with van der Waals surface area (Å²) in [7, 11) is 0. The number of ether oxygens (including phenoxy) is 1. The fraction of sp³-hybridized carbons (Fsp3) is 0.889. The zero-order valence-electron chi connectivity index (χ0n) is 7.21. The highest BCUT2D eigenvalue weighted by atomic mass is 16.5. The molecule has 3 heteroatoms. The molecule has 68 valence electrons. The lowest BCUT2D eigenvalue weighted by molar-refractivity contribution is -0.146. The van der Waals surface area contributed by atoms with Gasteiger partial charge >= 0.3 is 5.97 Å². The molecule has 2 N–H and O–H groups in total. The quantitative estimate of drug-likeness (QED) is 0.634. The summed E-state index contributed by atoms with van der Waals surface area (Å²) in [6.07, 6.45) is 5.25. The Morgan fingerprint density at radius 3 is 2.67 bits per heavy atom. The van der Waals surface area contributed by atoms with E-state index in [0.29, 0.717) is 6.61 Å². The van der Waals surface area contributed by atoms with E-state index in [1.165, 1.54) is 12.8 Å². The maximum atomic E-state index is 11.2. The third-order valence-corrected chi connectivity index (χ3v) is 2.65. The molecular formula is C9H15NO2. The van der Waals surface area contributed by atoms with E-state index in [4.69, 9.17) is 10.5 Å². The Labute approximate surface area is 72.3 Å². The van der Waals surface area contributed by atoms with E-state index in [1.807, 2.05) is 0 Å². The summed E-state index contributed by atoms with van der Waals surface area (Å²) in [5, 5.41) is 0. The molecule has 3 nitrogen and oxygen atoms in total. The van der Waals surface area contributed by atoms with Crippen molar-refractivity contribution in [2.24, 2.45) is 11.7 Å². The molecule has 0 bridgehead atoms. The molecule has 0 aromatic heterocycles. The third-order valence-electron chi connectivity index (χ3n) is 2.65. The normalized spacial score (nSPS) is 25.1. The molecule has 0 unspecified atom stereocenters. The summed E-state index contributed by atoms with van der Waals surface area (Å²) in [5.41, 5.74) is 5.05. The predicted molar refractivity (Wildman–Crippen MR) is 44.5 cm³/mol. The van der Waals surface area contributed by atoms with E-state index in [0.717, 1.165) is 25.2 Å². The van der Waals surface area contributed by atoms with Crippen LogP contribution in [-0.4, -0.2) is 18.1 Å². The second-order valence-electron chi connectivity index (χ2n) is 4.02. The number of carbonyl (C=O) groups is 1. The third kappa shape index (κ3) is 1.78. The highest BCUT2D eigenvalue weighted by Gasteiger charge is 2.47. The number of hydrogen-bond acceptors (Lipinski definition) is 3. The maximum absolute atomic E-state index is 11.2. The van der Waals surface area contributed by atoms with Gasteiger partial charge in [0, 0.05) is 0 Å². The molecule has 2 aliphatic rings. The average Bonchev–Trinajstić information content (AvgIpc) is 2.86. The topological polar surface area (TPSA) is 52.3 Å². The summed E-state index contributed by atoms with van der Waals surface area (Å²) < 4.78 is 5.06. The lowest BCUT2D eigenvalue weighted by Gasteiger charge is -2.08. The fourth-order valence-corrected chi connectivity index (χ4v) is 1.21. The van der Waals surface area contributed by atoms with E-state index in [2.05, 4.69) is 0 Å². The molecule has 0 aliphatic heterocycles. The van der Waals surface area contributed by atoms with Crippen molar-refractivity contribution >= 4 is 5.97 Å². The standard InChI is InChI=1S/C9H15NO2/c10-9(4-5-9)8(11)12-6-3-7-1-2-7/h7H,1-6,10H2. The summed E-state index contributed by atoms with van der Waals surface area (Å²) in [4.78, 5) is 11.2. The molecule has 2 aliphatic carbocycles. The van der Waals surface area contributed by atoms with Gasteiger partial charge in [-0.25, -0.2) is 0 Å². The maximum Gasteiger partial charge on any atom is 0.326 e. The number of rotatable bonds is 4. The van der Waals surface area contributed by atoms with Crippen molar-refractivity contribution in [2.75, 3.05) is 6.61 Å². The lowest BCUT2D eigenvalue weighted by atomic mass is 10.3. The van der Waals surface area contributed by atoms with Gasteiger partial charge < -0.3 is 10.5 Å². The van der Waals surface area contributed by atoms with Crippen LogP contribution < -0.4 is 5.73 Å². The number of esters is 1. The van der Waals surface area contributed by atoms with Gasteiger partial charge in [0.2, 0.25) is 0 Å². The minimum Gasteiger partial charge on any atom is -0.464 e. The van der Waals surface area contributed by atoms with Crippen LogP contribution in [0.4, 0.5) is 0 Å². The van der Waals surface area contributed by atoms with Gasteiger partial charge in [-0.15, -0.1) is 0 Å². The minimum atomic E-state index is -0.594. The molecule has 0 atom stereocenters. The van der Waals surface area contributed by atoms with E-state index in [1.54, 1.807) is 0 Å². The van der Waals surface area contributed by atoms with Crippen LogP contribution >= 0.6 is 0 Å². The molecule has 0 spiro atoms. The highest BCUT2D eigenvalue weighted by Crippen LogP contribution is 2.35. The predicted octanol–water partition coefficient (Wildman–Crippen LogP) is 0.821. The fourth-order valence-electron chi connectivity index (χ4n) is 1.21. The number of carbonyl (C=O) groups excluding carboxylic acids is 1. The second kappa shape index (κ2) is 2.73. The summed E-state index contributed by atoms with van der Waals surface area (Å²) in [6, 6.07) is 0. The van der Waals surface area contributed by atoms with Gasteiger partial charge in [0.05, 0.1) is 6.61 Å². The van der Waals surface area contributed by atoms with Gasteiger partial charge in [0.1, 0.15) is 5.54 Å². The van der Waals surface area contributed by atoms with Crippen LogP contribution in [0.25, 0.3) is 0 Å². The van der Waals surface area contributed by atoms with Crippen LogP contribution in [0.15, 0.2) is 0 Å². The van der Waals surface area contributed by atoms with Crippen LogP contribution in [0.3, 0.4) is 0 Å². The first kappa shape index (κ1) is 8.05. The molecule has 0 aromatic rings. The van der Waals surface area contributed by atoms with Crippen LogP contribution in [0.1, 0.15) is 32.1 Å². The van der Waals surface area contributed by atoms with Crippen molar-refractivity contribution in [2.45, 2.75) is 37.6 Å². The largest absolute Gasteiger partial charge is 0.464 e. The van der Waals surface area contributed by atoms with Gasteiger partial charge in [-0.05, 0) is 25.2 Å². The van der Waals surface area contributed by atoms with Gasteiger partial charge in [-0.3, -0.25) is 4.79 Å². The van der Waals surface area contributed by atoms with Crippen molar-refractivity contribution in [3.8, 4) is 0 Å². The first-order valence-electron chi connectivity index (χ1n) is 4.67. The summed E-state index contributed by atoms with van der Waals surface area (Å²) >= 11 is 0. The molecule has 0 saturated heterocycles. The first-order valence-corrected chi connectivity index (χ1v) is 4.67. The molecule has 12 heavy (non-hydrogen) atoms. The first-order chi connectivity index (χ1) is 5.71. The summed E-state index contributed by atoms with van der Waals surface area (Å²) in [5.74, 6) is 0.633. The smallest absolute Gasteiger partial charge is 0.326 e. The molecule has 0 amide bonds. The van der Waals surface area contributed by atoms with Crippen LogP contribution in [0.5, 0.6) is 0 Å². The van der Waals surface area contributed by atoms with Gasteiger partial charge in [0.15, 0.2) is 0 Å². The Balaban J connectivity index is 1.62.